The van der Waals surface area contributed by atoms with Crippen LogP contribution in [0.15, 0.2) is 6.07 Å². The SMILES string of the molecule is CN1CC(CN)CC1c1c(F)cc(F)c2c1CCO2. The van der Waals surface area contributed by atoms with Crippen molar-refractivity contribution in [2.75, 3.05) is 26.7 Å². The van der Waals surface area contributed by atoms with Crippen molar-refractivity contribution in [2.45, 2.75) is 18.9 Å². The van der Waals surface area contributed by atoms with E-state index in [1.54, 1.807) is 0 Å². The number of hydrogen-bond donors (Lipinski definition) is 1. The van der Waals surface area contributed by atoms with Crippen LogP contribution in [-0.2, 0) is 6.42 Å². The molecule has 0 radical (unpaired) electrons. The highest BCUT2D eigenvalue weighted by molar-refractivity contribution is 5.46. The predicted molar refractivity (Wildman–Crippen MR) is 68.1 cm³/mol. The normalized spacial score (nSPS) is 26.5. The van der Waals surface area contributed by atoms with Crippen LogP contribution in [0.1, 0.15) is 23.6 Å². The van der Waals surface area contributed by atoms with Crippen molar-refractivity contribution in [1.82, 2.24) is 4.90 Å². The number of nitrogens with zero attached hydrogens (tertiary/aromatic N) is 1. The molecule has 2 aliphatic heterocycles. The van der Waals surface area contributed by atoms with E-state index in [9.17, 15) is 8.78 Å². The Morgan fingerprint density at radius 1 is 1.42 bits per heavy atom. The Morgan fingerprint density at radius 2 is 2.21 bits per heavy atom. The maximum atomic E-state index is 14.2. The van der Waals surface area contributed by atoms with Gasteiger partial charge in [0.1, 0.15) is 5.82 Å². The first-order valence-electron chi connectivity index (χ1n) is 6.65. The summed E-state index contributed by atoms with van der Waals surface area (Å²) >= 11 is 0. The van der Waals surface area contributed by atoms with Gasteiger partial charge in [0.2, 0.25) is 0 Å². The standard InChI is InChI=1S/C14H18F2N2O/c1-18-7-8(6-17)4-12(18)13-9-2-3-19-14(9)11(16)5-10(13)15/h5,8,12H,2-4,6-7,17H2,1H3. The minimum Gasteiger partial charge on any atom is -0.490 e. The van der Waals surface area contributed by atoms with Crippen LogP contribution in [0.2, 0.25) is 0 Å². The molecule has 19 heavy (non-hydrogen) atoms. The summed E-state index contributed by atoms with van der Waals surface area (Å²) in [6.45, 7) is 1.88. The highest BCUT2D eigenvalue weighted by atomic mass is 19.1. The summed E-state index contributed by atoms with van der Waals surface area (Å²) < 4.78 is 33.2. The van der Waals surface area contributed by atoms with Gasteiger partial charge in [-0.15, -0.1) is 0 Å². The molecule has 2 aliphatic rings. The van der Waals surface area contributed by atoms with Gasteiger partial charge in [0.25, 0.3) is 0 Å². The van der Waals surface area contributed by atoms with Gasteiger partial charge in [-0.1, -0.05) is 0 Å². The van der Waals surface area contributed by atoms with Crippen molar-refractivity contribution in [1.29, 1.82) is 0 Å². The quantitative estimate of drug-likeness (QED) is 0.889. The average Bonchev–Trinajstić information content (AvgIpc) is 2.97. The van der Waals surface area contributed by atoms with Crippen molar-refractivity contribution in [2.24, 2.45) is 11.7 Å². The fourth-order valence-corrected chi connectivity index (χ4v) is 3.30. The van der Waals surface area contributed by atoms with Crippen LogP contribution in [0, 0.1) is 17.6 Å². The summed E-state index contributed by atoms with van der Waals surface area (Å²) in [5.74, 6) is -0.445. The lowest BCUT2D eigenvalue weighted by atomic mass is 9.93. The van der Waals surface area contributed by atoms with E-state index in [4.69, 9.17) is 10.5 Å². The highest BCUT2D eigenvalue weighted by Gasteiger charge is 2.36. The minimum absolute atomic E-state index is 0.0235. The van der Waals surface area contributed by atoms with E-state index in [1.165, 1.54) is 0 Å². The van der Waals surface area contributed by atoms with Crippen LogP contribution in [0.25, 0.3) is 0 Å². The van der Waals surface area contributed by atoms with Crippen LogP contribution in [-0.4, -0.2) is 31.6 Å². The molecule has 2 N–H and O–H groups in total. The second-order valence-corrected chi connectivity index (χ2v) is 5.45. The fourth-order valence-electron chi connectivity index (χ4n) is 3.30. The summed E-state index contributed by atoms with van der Waals surface area (Å²) in [6.07, 6.45) is 1.40. The summed E-state index contributed by atoms with van der Waals surface area (Å²) in [4.78, 5) is 2.10. The van der Waals surface area contributed by atoms with Crippen molar-refractivity contribution in [3.8, 4) is 5.75 Å². The largest absolute Gasteiger partial charge is 0.490 e. The van der Waals surface area contributed by atoms with Crippen LogP contribution in [0.5, 0.6) is 5.75 Å². The van der Waals surface area contributed by atoms with Crippen molar-refractivity contribution >= 4 is 0 Å². The lowest BCUT2D eigenvalue weighted by molar-refractivity contribution is 0.304. The van der Waals surface area contributed by atoms with Crippen molar-refractivity contribution in [3.05, 3.63) is 28.8 Å². The number of nitrogens with two attached hydrogens (primary N) is 1. The third-order valence-corrected chi connectivity index (χ3v) is 4.23. The molecular formula is C14H18F2N2O. The number of benzene rings is 1. The van der Waals surface area contributed by atoms with Gasteiger partial charge in [-0.25, -0.2) is 8.78 Å². The molecule has 1 aromatic carbocycles. The lowest BCUT2D eigenvalue weighted by Crippen LogP contribution is -2.21. The van der Waals surface area contributed by atoms with Gasteiger partial charge in [-0.3, -0.25) is 4.90 Å². The second-order valence-electron chi connectivity index (χ2n) is 5.45. The molecule has 0 aliphatic carbocycles. The topological polar surface area (TPSA) is 38.5 Å². The first kappa shape index (κ1) is 12.8. The molecule has 0 saturated carbocycles. The molecule has 0 bridgehead atoms. The van der Waals surface area contributed by atoms with Gasteiger partial charge in [0.05, 0.1) is 6.61 Å². The summed E-state index contributed by atoms with van der Waals surface area (Å²) in [6, 6.07) is 0.924. The zero-order chi connectivity index (χ0) is 13.6. The maximum Gasteiger partial charge on any atom is 0.168 e. The van der Waals surface area contributed by atoms with Crippen LogP contribution in [0.3, 0.4) is 0 Å². The molecule has 0 aromatic heterocycles. The number of halogens is 2. The third-order valence-electron chi connectivity index (χ3n) is 4.23. The molecule has 5 heteroatoms. The highest BCUT2D eigenvalue weighted by Crippen LogP contribution is 2.42. The first-order valence-corrected chi connectivity index (χ1v) is 6.65. The van der Waals surface area contributed by atoms with E-state index >= 15 is 0 Å². The molecule has 0 spiro atoms. The minimum atomic E-state index is -0.593. The van der Waals surface area contributed by atoms with Gasteiger partial charge < -0.3 is 10.5 Å². The summed E-state index contributed by atoms with van der Waals surface area (Å²) in [5.41, 5.74) is 7.01. The molecule has 1 fully saturated rings. The van der Waals surface area contributed by atoms with Gasteiger partial charge in [-0.05, 0) is 25.9 Å². The zero-order valence-electron chi connectivity index (χ0n) is 11.0. The van der Waals surface area contributed by atoms with Gasteiger partial charge in [-0.2, -0.15) is 0 Å². The Balaban J connectivity index is 2.04. The Bertz CT molecular complexity index is 507. The monoisotopic (exact) mass is 268 g/mol. The zero-order valence-corrected chi connectivity index (χ0v) is 11.0. The first-order chi connectivity index (χ1) is 9.11. The summed E-state index contributed by atoms with van der Waals surface area (Å²) in [7, 11) is 1.96. The molecule has 2 atom stereocenters. The molecular weight excluding hydrogens is 250 g/mol. The fraction of sp³-hybridized carbons (Fsp3) is 0.571. The molecule has 2 unspecified atom stereocenters. The Labute approximate surface area is 111 Å². The molecule has 0 amide bonds. The molecule has 1 aromatic rings. The van der Waals surface area contributed by atoms with Gasteiger partial charge >= 0.3 is 0 Å². The van der Waals surface area contributed by atoms with Crippen LogP contribution < -0.4 is 10.5 Å². The van der Waals surface area contributed by atoms with Gasteiger partial charge in [0.15, 0.2) is 11.6 Å². The number of ether oxygens (including phenoxy) is 1. The molecule has 3 rings (SSSR count). The smallest absolute Gasteiger partial charge is 0.168 e. The number of fused-ring (bicyclic) bond motifs is 1. The Morgan fingerprint density at radius 3 is 2.89 bits per heavy atom. The molecule has 3 nitrogen and oxygen atoms in total. The van der Waals surface area contributed by atoms with Crippen LogP contribution >= 0.6 is 0 Å². The molecule has 104 valence electrons. The van der Waals surface area contributed by atoms with Gasteiger partial charge in [0, 0.05) is 36.2 Å². The Kier molecular flexibility index (Phi) is 3.19. The van der Waals surface area contributed by atoms with Crippen LogP contribution in [0.4, 0.5) is 8.78 Å². The molecule has 1 saturated heterocycles. The van der Waals surface area contributed by atoms with Crippen molar-refractivity contribution in [3.63, 3.8) is 0 Å². The predicted octanol–water partition coefficient (Wildman–Crippen LogP) is 1.85. The Hall–Kier alpha value is -1.20. The lowest BCUT2D eigenvalue weighted by Gasteiger charge is -2.22. The average molecular weight is 268 g/mol. The maximum absolute atomic E-state index is 14.2. The second kappa shape index (κ2) is 4.72. The summed E-state index contributed by atoms with van der Waals surface area (Å²) in [5, 5.41) is 0. The number of likely N-dealkylation sites (tertiary alicyclic amines) is 1. The van der Waals surface area contributed by atoms with E-state index in [2.05, 4.69) is 4.90 Å². The van der Waals surface area contributed by atoms with E-state index in [-0.39, 0.29) is 11.8 Å². The molecule has 2 heterocycles. The van der Waals surface area contributed by atoms with E-state index < -0.39 is 11.6 Å². The number of hydrogen-bond acceptors (Lipinski definition) is 3. The number of rotatable bonds is 2. The van der Waals surface area contributed by atoms with E-state index in [0.717, 1.165) is 19.0 Å². The van der Waals surface area contributed by atoms with E-state index in [0.29, 0.717) is 36.6 Å². The van der Waals surface area contributed by atoms with Crippen molar-refractivity contribution < 1.29 is 13.5 Å². The third kappa shape index (κ3) is 2.01. The van der Waals surface area contributed by atoms with E-state index in [1.807, 2.05) is 7.05 Å².